The topological polar surface area (TPSA) is 38.9 Å². The van der Waals surface area contributed by atoms with Gasteiger partial charge in [0.1, 0.15) is 0 Å². The molecule has 0 saturated carbocycles. The molecule has 0 aliphatic heterocycles. The smallest absolute Gasteiger partial charge is 0.0963 e. The first-order valence-electron chi connectivity index (χ1n) is 4.08. The van der Waals surface area contributed by atoms with Crippen molar-refractivity contribution in [1.29, 1.82) is 0 Å². The summed E-state index contributed by atoms with van der Waals surface area (Å²) >= 11 is 1.74. The molecule has 12 heavy (non-hydrogen) atoms. The second kappa shape index (κ2) is 4.48. The summed E-state index contributed by atoms with van der Waals surface area (Å²) in [5.74, 6) is 1.05. The zero-order chi connectivity index (χ0) is 8.97. The third-order valence-corrected chi connectivity index (χ3v) is 2.38. The molecule has 1 atom stereocenters. The average Bonchev–Trinajstić information content (AvgIpc) is 2.05. The van der Waals surface area contributed by atoms with E-state index in [9.17, 15) is 0 Å². The number of hydrogen-bond acceptors (Lipinski definition) is 3. The largest absolute Gasteiger partial charge is 0.324 e. The standard InChI is InChI=1S/C9H14N2S/c1-3-12-9-6-8(7(2)10)4-5-11-9/h4-7H,3,10H2,1-2H3/t7-/m1/s1. The van der Waals surface area contributed by atoms with Gasteiger partial charge in [0.15, 0.2) is 0 Å². The van der Waals surface area contributed by atoms with Gasteiger partial charge in [-0.2, -0.15) is 0 Å². The molecule has 0 saturated heterocycles. The van der Waals surface area contributed by atoms with Crippen LogP contribution in [-0.2, 0) is 0 Å². The Morgan fingerprint density at radius 2 is 2.42 bits per heavy atom. The summed E-state index contributed by atoms with van der Waals surface area (Å²) < 4.78 is 0. The van der Waals surface area contributed by atoms with Crippen molar-refractivity contribution < 1.29 is 0 Å². The van der Waals surface area contributed by atoms with E-state index in [0.717, 1.165) is 16.3 Å². The Morgan fingerprint density at radius 3 is 3.00 bits per heavy atom. The second-order valence-electron chi connectivity index (χ2n) is 2.65. The number of pyridine rings is 1. The van der Waals surface area contributed by atoms with Crippen LogP contribution < -0.4 is 5.73 Å². The van der Waals surface area contributed by atoms with Crippen molar-refractivity contribution in [2.75, 3.05) is 5.75 Å². The van der Waals surface area contributed by atoms with E-state index in [1.54, 1.807) is 11.8 Å². The molecule has 2 N–H and O–H groups in total. The minimum atomic E-state index is 0.101. The summed E-state index contributed by atoms with van der Waals surface area (Å²) in [6.45, 7) is 4.10. The highest BCUT2D eigenvalue weighted by Crippen LogP contribution is 2.18. The molecule has 1 aromatic heterocycles. The van der Waals surface area contributed by atoms with Crippen LogP contribution in [0, 0.1) is 0 Å². The monoisotopic (exact) mass is 182 g/mol. The van der Waals surface area contributed by atoms with Crippen molar-refractivity contribution in [1.82, 2.24) is 4.98 Å². The van der Waals surface area contributed by atoms with Crippen molar-refractivity contribution in [3.05, 3.63) is 23.9 Å². The Labute approximate surface area is 77.6 Å². The minimum absolute atomic E-state index is 0.101. The van der Waals surface area contributed by atoms with Gasteiger partial charge in [-0.05, 0) is 30.4 Å². The molecule has 2 nitrogen and oxygen atoms in total. The highest BCUT2D eigenvalue weighted by Gasteiger charge is 2.00. The van der Waals surface area contributed by atoms with Gasteiger partial charge in [-0.15, -0.1) is 11.8 Å². The summed E-state index contributed by atoms with van der Waals surface area (Å²) in [5.41, 5.74) is 6.90. The molecule has 1 rings (SSSR count). The zero-order valence-electron chi connectivity index (χ0n) is 7.45. The van der Waals surface area contributed by atoms with Gasteiger partial charge in [0.05, 0.1) is 5.03 Å². The molecule has 3 heteroatoms. The van der Waals surface area contributed by atoms with Gasteiger partial charge < -0.3 is 5.73 Å². The molecule has 66 valence electrons. The summed E-state index contributed by atoms with van der Waals surface area (Å²) in [6, 6.07) is 4.12. The molecule has 0 aliphatic rings. The maximum Gasteiger partial charge on any atom is 0.0963 e. The Balaban J connectivity index is 2.81. The quantitative estimate of drug-likeness (QED) is 0.728. The molecular formula is C9H14N2S. The lowest BCUT2D eigenvalue weighted by Crippen LogP contribution is -2.04. The molecule has 0 aliphatic carbocycles. The predicted octanol–water partition coefficient (Wildman–Crippen LogP) is 2.21. The van der Waals surface area contributed by atoms with Crippen LogP contribution in [0.4, 0.5) is 0 Å². The van der Waals surface area contributed by atoms with E-state index in [1.165, 1.54) is 0 Å². The van der Waals surface area contributed by atoms with E-state index in [-0.39, 0.29) is 6.04 Å². The van der Waals surface area contributed by atoms with Crippen LogP contribution in [0.15, 0.2) is 23.4 Å². The number of aromatic nitrogens is 1. The van der Waals surface area contributed by atoms with E-state index >= 15 is 0 Å². The lowest BCUT2D eigenvalue weighted by atomic mass is 10.1. The first-order chi connectivity index (χ1) is 5.74. The summed E-state index contributed by atoms with van der Waals surface area (Å²) in [4.78, 5) is 4.22. The number of nitrogens with zero attached hydrogens (tertiary/aromatic N) is 1. The van der Waals surface area contributed by atoms with Crippen molar-refractivity contribution in [2.45, 2.75) is 24.9 Å². The van der Waals surface area contributed by atoms with E-state index in [0.29, 0.717) is 0 Å². The van der Waals surface area contributed by atoms with E-state index in [1.807, 2.05) is 19.2 Å². The fourth-order valence-electron chi connectivity index (χ4n) is 0.935. The highest BCUT2D eigenvalue weighted by molar-refractivity contribution is 7.99. The van der Waals surface area contributed by atoms with Crippen LogP contribution in [0.25, 0.3) is 0 Å². The molecule has 0 fully saturated rings. The number of thioether (sulfide) groups is 1. The van der Waals surface area contributed by atoms with Crippen LogP contribution in [0.5, 0.6) is 0 Å². The molecule has 1 heterocycles. The van der Waals surface area contributed by atoms with Crippen molar-refractivity contribution in [3.63, 3.8) is 0 Å². The summed E-state index contributed by atoms with van der Waals surface area (Å²) in [5, 5.41) is 1.06. The van der Waals surface area contributed by atoms with E-state index in [2.05, 4.69) is 18.0 Å². The first-order valence-corrected chi connectivity index (χ1v) is 5.07. The maximum absolute atomic E-state index is 5.74. The highest BCUT2D eigenvalue weighted by atomic mass is 32.2. The Kier molecular flexibility index (Phi) is 3.56. The number of rotatable bonds is 3. The molecule has 0 amide bonds. The Morgan fingerprint density at radius 1 is 1.67 bits per heavy atom. The molecule has 0 aromatic carbocycles. The molecular weight excluding hydrogens is 168 g/mol. The van der Waals surface area contributed by atoms with Crippen LogP contribution in [0.2, 0.25) is 0 Å². The molecule has 1 aromatic rings. The SMILES string of the molecule is CCSc1cc([C@@H](C)N)ccn1. The first kappa shape index (κ1) is 9.55. The molecule has 0 spiro atoms. The van der Waals surface area contributed by atoms with Crippen LogP contribution in [-0.4, -0.2) is 10.7 Å². The van der Waals surface area contributed by atoms with E-state index in [4.69, 9.17) is 5.73 Å². The van der Waals surface area contributed by atoms with Gasteiger partial charge in [0, 0.05) is 12.2 Å². The van der Waals surface area contributed by atoms with Crippen LogP contribution in [0.3, 0.4) is 0 Å². The normalized spacial score (nSPS) is 12.9. The fourth-order valence-corrected chi connectivity index (χ4v) is 1.59. The summed E-state index contributed by atoms with van der Waals surface area (Å²) in [6.07, 6.45) is 1.82. The zero-order valence-corrected chi connectivity index (χ0v) is 8.27. The van der Waals surface area contributed by atoms with Gasteiger partial charge >= 0.3 is 0 Å². The fraction of sp³-hybridized carbons (Fsp3) is 0.444. The molecule has 0 radical (unpaired) electrons. The van der Waals surface area contributed by atoms with Crippen molar-refractivity contribution in [2.24, 2.45) is 5.73 Å². The van der Waals surface area contributed by atoms with Gasteiger partial charge in [-0.3, -0.25) is 0 Å². The van der Waals surface area contributed by atoms with Gasteiger partial charge in [-0.25, -0.2) is 4.98 Å². The van der Waals surface area contributed by atoms with Crippen molar-refractivity contribution in [3.8, 4) is 0 Å². The van der Waals surface area contributed by atoms with Crippen LogP contribution in [0.1, 0.15) is 25.5 Å². The lowest BCUT2D eigenvalue weighted by molar-refractivity contribution is 0.808. The van der Waals surface area contributed by atoms with Crippen molar-refractivity contribution >= 4 is 11.8 Å². The predicted molar refractivity (Wildman–Crippen MR) is 53.2 cm³/mol. The maximum atomic E-state index is 5.74. The van der Waals surface area contributed by atoms with E-state index < -0.39 is 0 Å². The molecule has 0 unspecified atom stereocenters. The van der Waals surface area contributed by atoms with Gasteiger partial charge in [0.25, 0.3) is 0 Å². The Bertz CT molecular complexity index is 248. The number of nitrogens with two attached hydrogens (primary N) is 1. The Hall–Kier alpha value is -0.540. The third kappa shape index (κ3) is 2.50. The third-order valence-electron chi connectivity index (χ3n) is 1.58. The molecule has 0 bridgehead atoms. The minimum Gasteiger partial charge on any atom is -0.324 e. The second-order valence-corrected chi connectivity index (χ2v) is 3.93. The van der Waals surface area contributed by atoms with Gasteiger partial charge in [0.2, 0.25) is 0 Å². The summed E-state index contributed by atoms with van der Waals surface area (Å²) in [7, 11) is 0. The van der Waals surface area contributed by atoms with Crippen LogP contribution >= 0.6 is 11.8 Å². The number of hydrogen-bond donors (Lipinski definition) is 1. The average molecular weight is 182 g/mol. The lowest BCUT2D eigenvalue weighted by Gasteiger charge is -2.05. The van der Waals surface area contributed by atoms with Gasteiger partial charge in [-0.1, -0.05) is 6.92 Å².